The molecular weight excluding hydrogens is 393 g/mol. The predicted octanol–water partition coefficient (Wildman–Crippen LogP) is 4.03. The molecule has 28 heavy (non-hydrogen) atoms. The summed E-state index contributed by atoms with van der Waals surface area (Å²) in [6.07, 6.45) is 1.78. The Morgan fingerprint density at radius 1 is 1.11 bits per heavy atom. The number of halogens is 3. The molecule has 0 radical (unpaired) electrons. The Labute approximate surface area is 159 Å². The van der Waals surface area contributed by atoms with E-state index in [9.17, 15) is 26.4 Å². The first-order chi connectivity index (χ1) is 13.2. The van der Waals surface area contributed by atoms with Crippen LogP contribution in [0.25, 0.3) is 10.9 Å². The van der Waals surface area contributed by atoms with Gasteiger partial charge in [0, 0.05) is 23.2 Å². The lowest BCUT2D eigenvalue weighted by atomic mass is 9.99. The monoisotopic (exact) mass is 408 g/mol. The van der Waals surface area contributed by atoms with Crippen LogP contribution >= 0.6 is 0 Å². The first kappa shape index (κ1) is 19.8. The van der Waals surface area contributed by atoms with E-state index >= 15 is 0 Å². The standard InChI is InChI=1S/C19H15F3N2O3S/c1-2-8-28(26,27)24-15-10-13(20)17(21)16(18(15)22)19(25)12-5-6-14-11(9-12)4-3-7-23-14/h3-7,9-10,24H,2,8H2,1H3. The Morgan fingerprint density at radius 3 is 2.57 bits per heavy atom. The van der Waals surface area contributed by atoms with E-state index in [1.54, 1.807) is 25.3 Å². The number of aromatic nitrogens is 1. The number of nitrogens with one attached hydrogen (secondary N) is 1. The minimum Gasteiger partial charge on any atom is -0.288 e. The van der Waals surface area contributed by atoms with Crippen LogP contribution in [0.4, 0.5) is 18.9 Å². The third-order valence-corrected chi connectivity index (χ3v) is 5.46. The number of hydrogen-bond donors (Lipinski definition) is 1. The second-order valence-electron chi connectivity index (χ2n) is 6.07. The molecule has 0 saturated heterocycles. The van der Waals surface area contributed by atoms with E-state index in [0.29, 0.717) is 17.0 Å². The van der Waals surface area contributed by atoms with Gasteiger partial charge in [-0.05, 0) is 30.7 Å². The third kappa shape index (κ3) is 3.84. The number of nitrogens with zero attached hydrogens (tertiary/aromatic N) is 1. The molecule has 0 spiro atoms. The fraction of sp³-hybridized carbons (Fsp3) is 0.158. The van der Waals surface area contributed by atoms with Crippen molar-refractivity contribution in [3.05, 3.63) is 71.2 Å². The second-order valence-corrected chi connectivity index (χ2v) is 7.91. The fourth-order valence-electron chi connectivity index (χ4n) is 2.73. The number of fused-ring (bicyclic) bond motifs is 1. The summed E-state index contributed by atoms with van der Waals surface area (Å²) in [7, 11) is -3.97. The van der Waals surface area contributed by atoms with Gasteiger partial charge in [0.2, 0.25) is 10.0 Å². The first-order valence-corrected chi connectivity index (χ1v) is 9.96. The van der Waals surface area contributed by atoms with E-state index < -0.39 is 44.5 Å². The van der Waals surface area contributed by atoms with Gasteiger partial charge in [0.25, 0.3) is 0 Å². The number of benzene rings is 2. The summed E-state index contributed by atoms with van der Waals surface area (Å²) in [6.45, 7) is 1.59. The molecule has 1 heterocycles. The van der Waals surface area contributed by atoms with Crippen LogP contribution in [0.5, 0.6) is 0 Å². The molecule has 0 unspecified atom stereocenters. The predicted molar refractivity (Wildman–Crippen MR) is 99.2 cm³/mol. The molecule has 3 aromatic rings. The lowest BCUT2D eigenvalue weighted by Crippen LogP contribution is -2.19. The Kier molecular flexibility index (Phi) is 5.37. The van der Waals surface area contributed by atoms with Gasteiger partial charge in [-0.2, -0.15) is 0 Å². The average Bonchev–Trinajstić information content (AvgIpc) is 2.65. The highest BCUT2D eigenvalue weighted by molar-refractivity contribution is 7.92. The average molecular weight is 408 g/mol. The molecule has 0 atom stereocenters. The Bertz CT molecular complexity index is 1180. The van der Waals surface area contributed by atoms with Crippen LogP contribution in [-0.4, -0.2) is 24.9 Å². The number of sulfonamides is 1. The molecule has 0 bridgehead atoms. The Balaban J connectivity index is 2.10. The highest BCUT2D eigenvalue weighted by atomic mass is 32.2. The summed E-state index contributed by atoms with van der Waals surface area (Å²) >= 11 is 0. The molecule has 3 rings (SSSR count). The molecule has 0 saturated carbocycles. The van der Waals surface area contributed by atoms with Crippen molar-refractivity contribution in [2.24, 2.45) is 0 Å². The van der Waals surface area contributed by atoms with Crippen LogP contribution in [0.15, 0.2) is 42.6 Å². The summed E-state index contributed by atoms with van der Waals surface area (Å²) in [6, 6.07) is 7.82. The zero-order valence-corrected chi connectivity index (χ0v) is 15.5. The highest BCUT2D eigenvalue weighted by Crippen LogP contribution is 2.28. The summed E-state index contributed by atoms with van der Waals surface area (Å²) < 4.78 is 68.6. The van der Waals surface area contributed by atoms with E-state index in [1.165, 1.54) is 18.2 Å². The van der Waals surface area contributed by atoms with Gasteiger partial charge in [-0.15, -0.1) is 0 Å². The van der Waals surface area contributed by atoms with Gasteiger partial charge >= 0.3 is 0 Å². The first-order valence-electron chi connectivity index (χ1n) is 8.31. The van der Waals surface area contributed by atoms with Crippen LogP contribution in [0.1, 0.15) is 29.3 Å². The van der Waals surface area contributed by atoms with Crippen molar-refractivity contribution < 1.29 is 26.4 Å². The summed E-state index contributed by atoms with van der Waals surface area (Å²) in [5, 5.41) is 0.550. The van der Waals surface area contributed by atoms with Crippen molar-refractivity contribution in [2.45, 2.75) is 13.3 Å². The molecule has 1 N–H and O–H groups in total. The fourth-order valence-corrected chi connectivity index (χ4v) is 3.85. The molecule has 0 aliphatic carbocycles. The van der Waals surface area contributed by atoms with E-state index in [0.717, 1.165) is 0 Å². The van der Waals surface area contributed by atoms with Crippen LogP contribution in [0.3, 0.4) is 0 Å². The molecule has 2 aromatic carbocycles. The molecule has 146 valence electrons. The molecular formula is C19H15F3N2O3S. The smallest absolute Gasteiger partial charge is 0.232 e. The Hall–Kier alpha value is -2.94. The van der Waals surface area contributed by atoms with Gasteiger partial charge in [0.15, 0.2) is 23.2 Å². The summed E-state index contributed by atoms with van der Waals surface area (Å²) in [5.41, 5.74) is -1.52. The number of rotatable bonds is 6. The molecule has 5 nitrogen and oxygen atoms in total. The largest absolute Gasteiger partial charge is 0.288 e. The van der Waals surface area contributed by atoms with Gasteiger partial charge in [-0.1, -0.05) is 13.0 Å². The third-order valence-electron chi connectivity index (χ3n) is 3.99. The highest BCUT2D eigenvalue weighted by Gasteiger charge is 2.27. The molecule has 0 aliphatic heterocycles. The van der Waals surface area contributed by atoms with E-state index in [-0.39, 0.29) is 17.7 Å². The van der Waals surface area contributed by atoms with E-state index in [1.807, 2.05) is 4.72 Å². The maximum absolute atomic E-state index is 14.8. The van der Waals surface area contributed by atoms with Gasteiger partial charge < -0.3 is 0 Å². The minimum absolute atomic E-state index is 0.0914. The number of anilines is 1. The van der Waals surface area contributed by atoms with E-state index in [4.69, 9.17) is 0 Å². The molecule has 9 heteroatoms. The summed E-state index contributed by atoms with van der Waals surface area (Å²) in [5.74, 6) is -6.16. The molecule has 0 amide bonds. The number of carbonyl (C=O) groups excluding carboxylic acids is 1. The minimum atomic E-state index is -3.97. The van der Waals surface area contributed by atoms with Gasteiger partial charge in [0.1, 0.15) is 0 Å². The second kappa shape index (κ2) is 7.59. The molecule has 1 aromatic heterocycles. The van der Waals surface area contributed by atoms with Crippen molar-refractivity contribution in [3.8, 4) is 0 Å². The van der Waals surface area contributed by atoms with E-state index in [2.05, 4.69) is 4.98 Å². The quantitative estimate of drug-likeness (QED) is 0.494. The lowest BCUT2D eigenvalue weighted by molar-refractivity contribution is 0.103. The zero-order chi connectivity index (χ0) is 20.5. The molecule has 0 aliphatic rings. The van der Waals surface area contributed by atoms with Crippen molar-refractivity contribution in [2.75, 3.05) is 10.5 Å². The number of pyridine rings is 1. The lowest BCUT2D eigenvalue weighted by Gasteiger charge is -2.12. The number of ketones is 1. The topological polar surface area (TPSA) is 76.1 Å². The number of hydrogen-bond acceptors (Lipinski definition) is 4. The van der Waals surface area contributed by atoms with Gasteiger partial charge in [0.05, 0.1) is 22.5 Å². The van der Waals surface area contributed by atoms with Crippen LogP contribution in [0.2, 0.25) is 0 Å². The molecule has 0 fully saturated rings. The van der Waals surface area contributed by atoms with Crippen molar-refractivity contribution in [1.82, 2.24) is 4.98 Å². The maximum Gasteiger partial charge on any atom is 0.232 e. The Morgan fingerprint density at radius 2 is 1.86 bits per heavy atom. The zero-order valence-electron chi connectivity index (χ0n) is 14.7. The van der Waals surface area contributed by atoms with Crippen molar-refractivity contribution >= 4 is 32.4 Å². The maximum atomic E-state index is 14.8. The van der Waals surface area contributed by atoms with Crippen LogP contribution in [0, 0.1) is 17.5 Å². The van der Waals surface area contributed by atoms with Gasteiger partial charge in [-0.25, -0.2) is 21.6 Å². The van der Waals surface area contributed by atoms with Gasteiger partial charge in [-0.3, -0.25) is 14.5 Å². The van der Waals surface area contributed by atoms with Crippen molar-refractivity contribution in [1.29, 1.82) is 0 Å². The van der Waals surface area contributed by atoms with Crippen molar-refractivity contribution in [3.63, 3.8) is 0 Å². The number of carbonyl (C=O) groups is 1. The summed E-state index contributed by atoms with van der Waals surface area (Å²) in [4.78, 5) is 16.8. The normalized spacial score (nSPS) is 11.6. The SMILES string of the molecule is CCCS(=O)(=O)Nc1cc(F)c(F)c(C(=O)c2ccc3ncccc3c2)c1F. The van der Waals surface area contributed by atoms with Crippen LogP contribution in [-0.2, 0) is 10.0 Å². The van der Waals surface area contributed by atoms with Crippen LogP contribution < -0.4 is 4.72 Å².